The van der Waals surface area contributed by atoms with Crippen molar-refractivity contribution in [2.24, 2.45) is 0 Å². The first kappa shape index (κ1) is 21.5. The minimum Gasteiger partial charge on any atom is -0.493 e. The van der Waals surface area contributed by atoms with Crippen LogP contribution in [0.1, 0.15) is 5.56 Å². The number of hydrogen-bond donors (Lipinski definition) is 1. The van der Waals surface area contributed by atoms with Gasteiger partial charge in [0.2, 0.25) is 11.6 Å². The summed E-state index contributed by atoms with van der Waals surface area (Å²) in [5.74, 6) is 1.10. The maximum absolute atomic E-state index is 12.2. The van der Waals surface area contributed by atoms with Crippen molar-refractivity contribution in [3.8, 4) is 28.7 Å². The van der Waals surface area contributed by atoms with Crippen LogP contribution in [0.4, 0.5) is 6.01 Å². The van der Waals surface area contributed by atoms with Crippen molar-refractivity contribution in [2.45, 2.75) is 0 Å². The first-order chi connectivity index (χ1) is 14.4. The molecule has 1 aromatic heterocycles. The van der Waals surface area contributed by atoms with E-state index in [1.54, 1.807) is 36.4 Å². The number of nitrogens with one attached hydrogen (secondary N) is 1. The second-order valence-electron chi connectivity index (χ2n) is 5.85. The number of aromatic nitrogens is 2. The predicted octanol–water partition coefficient (Wildman–Crippen LogP) is 4.72. The zero-order chi connectivity index (χ0) is 21.7. The molecule has 0 aliphatic carbocycles. The first-order valence-corrected chi connectivity index (χ1v) is 9.28. The van der Waals surface area contributed by atoms with Crippen LogP contribution in [-0.2, 0) is 4.79 Å². The van der Waals surface area contributed by atoms with Crippen LogP contribution < -0.4 is 19.5 Å². The van der Waals surface area contributed by atoms with Gasteiger partial charge in [-0.3, -0.25) is 10.1 Å². The highest BCUT2D eigenvalue weighted by Gasteiger charge is 2.13. The van der Waals surface area contributed by atoms with Crippen molar-refractivity contribution < 1.29 is 23.4 Å². The second-order valence-corrected chi connectivity index (χ2v) is 6.72. The molecule has 0 bridgehead atoms. The van der Waals surface area contributed by atoms with Crippen molar-refractivity contribution in [2.75, 3.05) is 26.6 Å². The van der Waals surface area contributed by atoms with Crippen LogP contribution in [0.25, 0.3) is 17.5 Å². The molecule has 30 heavy (non-hydrogen) atoms. The Morgan fingerprint density at radius 3 is 2.17 bits per heavy atom. The number of rotatable bonds is 7. The van der Waals surface area contributed by atoms with Gasteiger partial charge in [-0.2, -0.15) is 0 Å². The molecule has 0 aliphatic rings. The molecule has 3 rings (SSSR count). The van der Waals surface area contributed by atoms with E-state index in [-0.39, 0.29) is 11.9 Å². The molecule has 1 amide bonds. The maximum atomic E-state index is 12.2. The van der Waals surface area contributed by atoms with Crippen LogP contribution >= 0.6 is 23.2 Å². The standard InChI is InChI=1S/C20H17Cl2N3O5/c1-27-15-6-11(7-16(28-2)18(15)29-3)4-5-17(26)23-20-25-24-19(30-20)12-8-13(21)10-14(22)9-12/h4-10H,1-3H3,(H,23,25,26)/b5-4+. The summed E-state index contributed by atoms with van der Waals surface area (Å²) in [6.07, 6.45) is 2.88. The highest BCUT2D eigenvalue weighted by molar-refractivity contribution is 6.35. The fourth-order valence-electron chi connectivity index (χ4n) is 2.58. The molecule has 3 aromatic rings. The van der Waals surface area contributed by atoms with E-state index in [2.05, 4.69) is 15.5 Å². The van der Waals surface area contributed by atoms with Crippen molar-refractivity contribution in [3.05, 3.63) is 52.0 Å². The minimum absolute atomic E-state index is 0.0689. The molecule has 0 fully saturated rings. The zero-order valence-corrected chi connectivity index (χ0v) is 17.7. The molecule has 0 unspecified atom stereocenters. The van der Waals surface area contributed by atoms with Crippen LogP contribution in [0.15, 0.2) is 40.8 Å². The Hall–Kier alpha value is -3.23. The number of carbonyl (C=O) groups excluding carboxylic acids is 1. The Labute approximate surface area is 182 Å². The van der Waals surface area contributed by atoms with E-state index in [1.165, 1.54) is 27.4 Å². The first-order valence-electron chi connectivity index (χ1n) is 8.52. The highest BCUT2D eigenvalue weighted by Crippen LogP contribution is 2.38. The van der Waals surface area contributed by atoms with Gasteiger partial charge in [-0.05, 0) is 42.0 Å². The van der Waals surface area contributed by atoms with E-state index in [1.807, 2.05) is 0 Å². The van der Waals surface area contributed by atoms with Crippen molar-refractivity contribution in [3.63, 3.8) is 0 Å². The molecule has 0 saturated heterocycles. The van der Waals surface area contributed by atoms with Gasteiger partial charge in [0.05, 0.1) is 21.3 Å². The van der Waals surface area contributed by atoms with Crippen LogP contribution in [0.3, 0.4) is 0 Å². The van der Waals surface area contributed by atoms with E-state index in [0.717, 1.165) is 0 Å². The van der Waals surface area contributed by atoms with E-state index in [9.17, 15) is 4.79 Å². The SMILES string of the molecule is COc1cc(/C=C/C(=O)Nc2nnc(-c3cc(Cl)cc(Cl)c3)o2)cc(OC)c1OC. The number of halogens is 2. The van der Waals surface area contributed by atoms with E-state index in [4.69, 9.17) is 41.8 Å². The van der Waals surface area contributed by atoms with Gasteiger partial charge in [0.25, 0.3) is 5.91 Å². The third-order valence-corrected chi connectivity index (χ3v) is 4.32. The lowest BCUT2D eigenvalue weighted by molar-refractivity contribution is -0.112. The number of anilines is 1. The van der Waals surface area contributed by atoms with Gasteiger partial charge in [-0.1, -0.05) is 28.3 Å². The van der Waals surface area contributed by atoms with Crippen molar-refractivity contribution in [1.29, 1.82) is 0 Å². The van der Waals surface area contributed by atoms with Gasteiger partial charge < -0.3 is 18.6 Å². The largest absolute Gasteiger partial charge is 0.493 e. The number of benzene rings is 2. The van der Waals surface area contributed by atoms with Crippen LogP contribution in [0.2, 0.25) is 10.0 Å². The van der Waals surface area contributed by atoms with Gasteiger partial charge in [0.15, 0.2) is 11.5 Å². The minimum atomic E-state index is -0.469. The normalized spacial score (nSPS) is 10.8. The summed E-state index contributed by atoms with van der Waals surface area (Å²) < 4.78 is 21.3. The number of methoxy groups -OCH3 is 3. The number of amides is 1. The summed E-state index contributed by atoms with van der Waals surface area (Å²) in [4.78, 5) is 12.2. The number of hydrogen-bond acceptors (Lipinski definition) is 7. The molecule has 2 aromatic carbocycles. The summed E-state index contributed by atoms with van der Waals surface area (Å²) in [6.45, 7) is 0. The summed E-state index contributed by atoms with van der Waals surface area (Å²) in [7, 11) is 4.54. The van der Waals surface area contributed by atoms with Crippen molar-refractivity contribution in [1.82, 2.24) is 10.2 Å². The molecule has 0 radical (unpaired) electrons. The molecule has 0 atom stereocenters. The Kier molecular flexibility index (Phi) is 6.81. The molecule has 10 heteroatoms. The smallest absolute Gasteiger partial charge is 0.322 e. The Morgan fingerprint density at radius 1 is 0.967 bits per heavy atom. The van der Waals surface area contributed by atoms with Crippen LogP contribution in [-0.4, -0.2) is 37.4 Å². The second kappa shape index (κ2) is 9.51. The van der Waals surface area contributed by atoms with E-state index < -0.39 is 5.91 Å². The molecule has 156 valence electrons. The van der Waals surface area contributed by atoms with Gasteiger partial charge in [0.1, 0.15) is 0 Å². The van der Waals surface area contributed by atoms with E-state index in [0.29, 0.717) is 38.4 Å². The van der Waals surface area contributed by atoms with Gasteiger partial charge in [-0.15, -0.1) is 5.10 Å². The van der Waals surface area contributed by atoms with Gasteiger partial charge in [-0.25, -0.2) is 0 Å². The lowest BCUT2D eigenvalue weighted by Crippen LogP contribution is -2.07. The molecular weight excluding hydrogens is 433 g/mol. The molecule has 0 spiro atoms. The summed E-state index contributed by atoms with van der Waals surface area (Å²) >= 11 is 11.9. The summed E-state index contributed by atoms with van der Waals surface area (Å²) in [5, 5.41) is 11.0. The molecular formula is C20H17Cl2N3O5. The summed E-state index contributed by atoms with van der Waals surface area (Å²) in [5.41, 5.74) is 1.20. The molecule has 1 heterocycles. The lowest BCUT2D eigenvalue weighted by atomic mass is 10.1. The number of carbonyl (C=O) groups is 1. The zero-order valence-electron chi connectivity index (χ0n) is 16.2. The third-order valence-electron chi connectivity index (χ3n) is 3.88. The van der Waals surface area contributed by atoms with Gasteiger partial charge in [0, 0.05) is 21.7 Å². The van der Waals surface area contributed by atoms with Gasteiger partial charge >= 0.3 is 6.01 Å². The maximum Gasteiger partial charge on any atom is 0.322 e. The third kappa shape index (κ3) is 5.03. The number of nitrogens with zero attached hydrogens (tertiary/aromatic N) is 2. The predicted molar refractivity (Wildman–Crippen MR) is 114 cm³/mol. The topological polar surface area (TPSA) is 95.7 Å². The highest BCUT2D eigenvalue weighted by atomic mass is 35.5. The van der Waals surface area contributed by atoms with Crippen molar-refractivity contribution >= 4 is 41.2 Å². The molecule has 1 N–H and O–H groups in total. The number of ether oxygens (including phenoxy) is 3. The van der Waals surface area contributed by atoms with Crippen LogP contribution in [0.5, 0.6) is 17.2 Å². The fraction of sp³-hybridized carbons (Fsp3) is 0.150. The monoisotopic (exact) mass is 449 g/mol. The fourth-order valence-corrected chi connectivity index (χ4v) is 3.11. The molecule has 0 aliphatic heterocycles. The quantitative estimate of drug-likeness (QED) is 0.521. The Balaban J connectivity index is 1.73. The van der Waals surface area contributed by atoms with E-state index >= 15 is 0 Å². The average molecular weight is 450 g/mol. The molecule has 8 nitrogen and oxygen atoms in total. The average Bonchev–Trinajstić information content (AvgIpc) is 3.19. The Morgan fingerprint density at radius 2 is 1.60 bits per heavy atom. The van der Waals surface area contributed by atoms with Crippen LogP contribution in [0, 0.1) is 0 Å². The lowest BCUT2D eigenvalue weighted by Gasteiger charge is -2.12. The molecule has 0 saturated carbocycles. The Bertz CT molecular complexity index is 1050. The summed E-state index contributed by atoms with van der Waals surface area (Å²) in [6, 6.07) is 8.17.